The largest absolute Gasteiger partial charge is 0.477 e. The predicted octanol–water partition coefficient (Wildman–Crippen LogP) is 2.55. The van der Waals surface area contributed by atoms with E-state index in [1.165, 1.54) is 11.3 Å². The average molecular weight is 242 g/mol. The van der Waals surface area contributed by atoms with E-state index in [0.717, 1.165) is 6.42 Å². The number of carboxylic acid groups (broad SMARTS) is 1. The lowest BCUT2D eigenvalue weighted by molar-refractivity contribution is 0.0700. The molecular weight excluding hydrogens is 224 g/mol. The second-order valence-corrected chi connectivity index (χ2v) is 5.46. The number of nitrogens with zero attached hydrogens (tertiary/aromatic N) is 1. The molecule has 1 heterocycles. The van der Waals surface area contributed by atoms with Gasteiger partial charge >= 0.3 is 5.97 Å². The summed E-state index contributed by atoms with van der Waals surface area (Å²) in [6, 6.07) is 0. The number of aromatic nitrogens is 1. The lowest BCUT2D eigenvalue weighted by atomic mass is 10.0. The lowest BCUT2D eigenvalue weighted by Crippen LogP contribution is -2.31. The number of carboxylic acids is 1. The molecule has 5 heteroatoms. The molecule has 1 unspecified atom stereocenters. The summed E-state index contributed by atoms with van der Waals surface area (Å²) in [7, 11) is 0. The van der Waals surface area contributed by atoms with Crippen molar-refractivity contribution in [1.29, 1.82) is 0 Å². The highest BCUT2D eigenvalue weighted by molar-refractivity contribution is 7.13. The number of hydrogen-bond acceptors (Lipinski definition) is 4. The van der Waals surface area contributed by atoms with E-state index in [1.807, 2.05) is 27.7 Å². The predicted molar refractivity (Wildman–Crippen MR) is 65.0 cm³/mol. The highest BCUT2D eigenvalue weighted by Gasteiger charge is 2.28. The Balaban J connectivity index is 3.27. The third-order valence-corrected chi connectivity index (χ3v) is 3.96. The minimum absolute atomic E-state index is 0.101. The minimum Gasteiger partial charge on any atom is -0.477 e. The molecule has 0 fully saturated rings. The number of hydrogen-bond donors (Lipinski definition) is 2. The van der Waals surface area contributed by atoms with Crippen molar-refractivity contribution >= 4 is 17.3 Å². The Hall–Kier alpha value is -0.940. The molecule has 0 radical (unpaired) electrons. The Kier molecular flexibility index (Phi) is 3.70. The summed E-state index contributed by atoms with van der Waals surface area (Å²) in [6.45, 7) is 7.72. The molecule has 0 aliphatic rings. The summed E-state index contributed by atoms with van der Waals surface area (Å²) in [6.07, 6.45) is 0.733. The first-order valence-electron chi connectivity index (χ1n) is 5.33. The normalized spacial score (nSPS) is 15.1. The molecule has 0 spiro atoms. The molecule has 0 saturated carbocycles. The van der Waals surface area contributed by atoms with Gasteiger partial charge in [0.25, 0.3) is 0 Å². The van der Waals surface area contributed by atoms with E-state index in [-0.39, 0.29) is 5.92 Å². The van der Waals surface area contributed by atoms with Gasteiger partial charge in [-0.2, -0.15) is 0 Å². The molecule has 1 aromatic heterocycles. The Morgan fingerprint density at radius 2 is 2.19 bits per heavy atom. The molecule has 0 aliphatic carbocycles. The Morgan fingerprint density at radius 1 is 1.62 bits per heavy atom. The van der Waals surface area contributed by atoms with E-state index in [2.05, 4.69) is 4.98 Å². The zero-order chi connectivity index (χ0) is 12.5. The van der Waals surface area contributed by atoms with Gasteiger partial charge < -0.3 is 10.8 Å². The summed E-state index contributed by atoms with van der Waals surface area (Å²) in [4.78, 5) is 15.8. The molecular formula is C11H18N2O2S. The van der Waals surface area contributed by atoms with Crippen LogP contribution in [0.4, 0.5) is 0 Å². The fourth-order valence-electron chi connectivity index (χ4n) is 1.27. The van der Waals surface area contributed by atoms with Crippen LogP contribution in [-0.4, -0.2) is 16.1 Å². The summed E-state index contributed by atoms with van der Waals surface area (Å²) in [5.74, 6) is -0.817. The highest BCUT2D eigenvalue weighted by Crippen LogP contribution is 2.31. The Bertz CT molecular complexity index is 397. The van der Waals surface area contributed by atoms with Crippen molar-refractivity contribution in [3.63, 3.8) is 0 Å². The highest BCUT2D eigenvalue weighted by atomic mass is 32.1. The topological polar surface area (TPSA) is 76.2 Å². The second-order valence-electron chi connectivity index (χ2n) is 4.46. The number of rotatable bonds is 4. The van der Waals surface area contributed by atoms with Gasteiger partial charge in [0.2, 0.25) is 0 Å². The van der Waals surface area contributed by atoms with Gasteiger partial charge in [0, 0.05) is 0 Å². The Labute approximate surface area is 99.5 Å². The lowest BCUT2D eigenvalue weighted by Gasteiger charge is -2.19. The van der Waals surface area contributed by atoms with E-state index in [4.69, 9.17) is 10.8 Å². The average Bonchev–Trinajstić information content (AvgIpc) is 2.62. The standard InChI is InChI=1S/C11H18N2O2S/c1-5-11(4,12)10-13-7(6(2)3)8(16-10)9(14)15/h6H,5,12H2,1-4H3,(H,14,15). The van der Waals surface area contributed by atoms with Gasteiger partial charge in [-0.05, 0) is 19.3 Å². The van der Waals surface area contributed by atoms with E-state index < -0.39 is 11.5 Å². The van der Waals surface area contributed by atoms with Crippen molar-refractivity contribution in [3.8, 4) is 0 Å². The maximum Gasteiger partial charge on any atom is 0.347 e. The van der Waals surface area contributed by atoms with Crippen LogP contribution in [0.15, 0.2) is 0 Å². The molecule has 0 aromatic carbocycles. The molecule has 4 nitrogen and oxygen atoms in total. The van der Waals surface area contributed by atoms with Crippen LogP contribution in [-0.2, 0) is 5.54 Å². The van der Waals surface area contributed by atoms with Crippen LogP contribution in [0.25, 0.3) is 0 Å². The van der Waals surface area contributed by atoms with Crippen molar-refractivity contribution in [2.24, 2.45) is 5.73 Å². The third kappa shape index (κ3) is 2.41. The quantitative estimate of drug-likeness (QED) is 0.850. The molecule has 0 aliphatic heterocycles. The smallest absolute Gasteiger partial charge is 0.347 e. The van der Waals surface area contributed by atoms with Crippen LogP contribution >= 0.6 is 11.3 Å². The first-order chi connectivity index (χ1) is 7.29. The third-order valence-electron chi connectivity index (χ3n) is 2.62. The minimum atomic E-state index is -0.917. The zero-order valence-corrected chi connectivity index (χ0v) is 10.9. The molecule has 90 valence electrons. The zero-order valence-electron chi connectivity index (χ0n) is 10.1. The molecule has 0 bridgehead atoms. The van der Waals surface area contributed by atoms with Crippen LogP contribution in [0.2, 0.25) is 0 Å². The van der Waals surface area contributed by atoms with E-state index >= 15 is 0 Å². The first-order valence-corrected chi connectivity index (χ1v) is 6.14. The summed E-state index contributed by atoms with van der Waals surface area (Å²) >= 11 is 1.19. The van der Waals surface area contributed by atoms with Crippen LogP contribution < -0.4 is 5.73 Å². The first kappa shape index (κ1) is 13.1. The van der Waals surface area contributed by atoms with E-state index in [0.29, 0.717) is 15.6 Å². The number of aromatic carboxylic acids is 1. The van der Waals surface area contributed by atoms with Crippen LogP contribution in [0, 0.1) is 0 Å². The fourth-order valence-corrected chi connectivity index (χ4v) is 2.46. The van der Waals surface area contributed by atoms with E-state index in [9.17, 15) is 4.79 Å². The molecule has 1 aromatic rings. The number of nitrogens with two attached hydrogens (primary N) is 1. The molecule has 3 N–H and O–H groups in total. The molecule has 1 atom stereocenters. The van der Waals surface area contributed by atoms with Gasteiger partial charge in [-0.1, -0.05) is 20.8 Å². The molecule has 0 amide bonds. The van der Waals surface area contributed by atoms with Gasteiger partial charge in [0.1, 0.15) is 9.88 Å². The summed E-state index contributed by atoms with van der Waals surface area (Å²) in [5.41, 5.74) is 6.17. The van der Waals surface area contributed by atoms with Crippen LogP contribution in [0.5, 0.6) is 0 Å². The summed E-state index contributed by atoms with van der Waals surface area (Å²) in [5, 5.41) is 9.80. The van der Waals surface area contributed by atoms with Crippen LogP contribution in [0.3, 0.4) is 0 Å². The van der Waals surface area contributed by atoms with Crippen molar-refractivity contribution in [2.45, 2.75) is 45.6 Å². The number of thiazole rings is 1. The van der Waals surface area contributed by atoms with Gasteiger partial charge in [0.05, 0.1) is 11.2 Å². The van der Waals surface area contributed by atoms with Crippen molar-refractivity contribution in [1.82, 2.24) is 4.98 Å². The van der Waals surface area contributed by atoms with Gasteiger partial charge in [0.15, 0.2) is 0 Å². The monoisotopic (exact) mass is 242 g/mol. The molecule has 0 saturated heterocycles. The van der Waals surface area contributed by atoms with E-state index in [1.54, 1.807) is 0 Å². The maximum absolute atomic E-state index is 11.1. The van der Waals surface area contributed by atoms with Crippen molar-refractivity contribution in [2.75, 3.05) is 0 Å². The Morgan fingerprint density at radius 3 is 2.50 bits per heavy atom. The molecule has 16 heavy (non-hydrogen) atoms. The van der Waals surface area contributed by atoms with Crippen molar-refractivity contribution in [3.05, 3.63) is 15.6 Å². The SMILES string of the molecule is CCC(C)(N)c1nc(C(C)C)c(C(=O)O)s1. The van der Waals surface area contributed by atoms with Gasteiger partial charge in [-0.3, -0.25) is 0 Å². The maximum atomic E-state index is 11.1. The molecule has 1 rings (SSSR count). The fraction of sp³-hybridized carbons (Fsp3) is 0.636. The second kappa shape index (κ2) is 4.51. The van der Waals surface area contributed by atoms with Gasteiger partial charge in [-0.15, -0.1) is 11.3 Å². The van der Waals surface area contributed by atoms with Crippen molar-refractivity contribution < 1.29 is 9.90 Å². The van der Waals surface area contributed by atoms with Crippen LogP contribution in [0.1, 0.15) is 60.4 Å². The number of carbonyl (C=O) groups is 1. The summed E-state index contributed by atoms with van der Waals surface area (Å²) < 4.78 is 0. The van der Waals surface area contributed by atoms with Gasteiger partial charge in [-0.25, -0.2) is 9.78 Å².